The van der Waals surface area contributed by atoms with E-state index in [1.165, 1.54) is 88.0 Å². The molecule has 0 N–H and O–H groups in total. The number of aromatic nitrogens is 4. The van der Waals surface area contributed by atoms with Crippen LogP contribution >= 0.6 is 0 Å². The molecule has 12 aromatic rings. The highest BCUT2D eigenvalue weighted by Gasteiger charge is 2.53. The van der Waals surface area contributed by atoms with Crippen LogP contribution < -0.4 is 15.8 Å². The summed E-state index contributed by atoms with van der Waals surface area (Å²) in [6.07, 6.45) is 0. The van der Waals surface area contributed by atoms with Gasteiger partial charge in [-0.05, 0) is 99.1 Å². The fraction of sp³-hybridized carbons (Fsp3) is 0.155. The second-order valence-corrected chi connectivity index (χ2v) is 24.2. The molecule has 3 aromatic heterocycles. The van der Waals surface area contributed by atoms with Crippen molar-refractivity contribution in [3.8, 4) is 45.3 Å². The largest absolute Gasteiger partial charge is 0.311 e. The number of benzene rings is 9. The van der Waals surface area contributed by atoms with Gasteiger partial charge in [-0.1, -0.05) is 206 Å². The van der Waals surface area contributed by atoms with Gasteiger partial charge in [-0.2, -0.15) is 0 Å². The molecule has 5 heterocycles. The zero-order valence-electron chi connectivity index (χ0n) is 44.9. The van der Waals surface area contributed by atoms with E-state index in [-0.39, 0.29) is 23.0 Å². The van der Waals surface area contributed by atoms with Crippen LogP contribution in [0.3, 0.4) is 0 Å². The summed E-state index contributed by atoms with van der Waals surface area (Å²) in [5, 5.41) is 4.99. The summed E-state index contributed by atoms with van der Waals surface area (Å²) in [6.45, 7) is 18.8. The molecule has 77 heavy (non-hydrogen) atoms. The lowest BCUT2D eigenvalue weighted by molar-refractivity contribution is 0.588. The minimum Gasteiger partial charge on any atom is -0.311 e. The van der Waals surface area contributed by atoms with Crippen LogP contribution in [0.25, 0.3) is 94.6 Å². The normalized spacial score (nSPS) is 14.5. The maximum atomic E-state index is 5.56. The van der Waals surface area contributed by atoms with Gasteiger partial charge in [0.25, 0.3) is 0 Å². The van der Waals surface area contributed by atoms with Crippen molar-refractivity contribution in [2.24, 2.45) is 0 Å². The van der Waals surface area contributed by atoms with Crippen molar-refractivity contribution >= 4 is 78.3 Å². The van der Waals surface area contributed by atoms with E-state index in [9.17, 15) is 0 Å². The molecule has 0 bridgehead atoms. The van der Waals surface area contributed by atoms with Crippen molar-refractivity contribution in [1.29, 1.82) is 0 Å². The minimum atomic E-state index is -0.329. The van der Waals surface area contributed by atoms with Crippen LogP contribution in [-0.4, -0.2) is 25.8 Å². The Morgan fingerprint density at radius 1 is 0.455 bits per heavy atom. The Hall–Kier alpha value is -8.74. The first-order valence-electron chi connectivity index (χ1n) is 27.3. The molecular weight excluding hydrogens is 934 g/mol. The molecular formula is C71H58BN5. The summed E-state index contributed by atoms with van der Waals surface area (Å²) in [4.78, 5) is 13.7. The molecule has 15 rings (SSSR count). The zero-order valence-corrected chi connectivity index (χ0v) is 44.9. The number of nitrogens with zero attached hydrogens (tertiary/aromatic N) is 5. The third kappa shape index (κ3) is 6.61. The summed E-state index contributed by atoms with van der Waals surface area (Å²) in [6, 6.07) is 76.6. The average Bonchev–Trinajstić information content (AvgIpc) is 3.81. The van der Waals surface area contributed by atoms with E-state index < -0.39 is 0 Å². The van der Waals surface area contributed by atoms with Crippen LogP contribution in [-0.2, 0) is 16.2 Å². The standard InChI is InChI=1S/C71H58BN5/c1-69(2,3)46-31-34-49(35-32-46)76-60-39-45(68-73-56(43-21-12-9-13-22-43)42-57(74-68)44-23-14-10-15-24-44)40-61-63(60)72(67-66(76)53-41-47(70(4,5)6)33-37-54(53)71(67,7)8)55-29-20-28-52-62-59(77(61)64(52)55)38-36-51-50-27-18-19-30-58(50)75(65(51)62)48-25-16-11-17-26-48/h9-42H,1-8H3. The Labute approximate surface area is 450 Å². The highest BCUT2D eigenvalue weighted by Crippen LogP contribution is 2.56. The van der Waals surface area contributed by atoms with Gasteiger partial charge in [-0.25, -0.2) is 9.97 Å². The molecule has 1 aliphatic carbocycles. The summed E-state index contributed by atoms with van der Waals surface area (Å²) < 4.78 is 5.12. The molecule has 6 heteroatoms. The predicted octanol–water partition coefficient (Wildman–Crippen LogP) is 16.6. The molecule has 0 unspecified atom stereocenters. The number of para-hydroxylation sites is 3. The van der Waals surface area contributed by atoms with Crippen LogP contribution in [0.2, 0.25) is 0 Å². The van der Waals surface area contributed by atoms with E-state index in [4.69, 9.17) is 9.97 Å². The van der Waals surface area contributed by atoms with Crippen molar-refractivity contribution in [1.82, 2.24) is 19.1 Å². The monoisotopic (exact) mass is 991 g/mol. The van der Waals surface area contributed by atoms with Crippen molar-refractivity contribution in [2.75, 3.05) is 4.90 Å². The van der Waals surface area contributed by atoms with Crippen LogP contribution in [0.5, 0.6) is 0 Å². The molecule has 5 nitrogen and oxygen atoms in total. The third-order valence-electron chi connectivity index (χ3n) is 17.2. The van der Waals surface area contributed by atoms with Gasteiger partial charge < -0.3 is 14.0 Å². The molecule has 0 saturated heterocycles. The van der Waals surface area contributed by atoms with Gasteiger partial charge in [0, 0.05) is 83.2 Å². The van der Waals surface area contributed by atoms with E-state index in [1.807, 2.05) is 0 Å². The highest BCUT2D eigenvalue weighted by molar-refractivity contribution is 6.96. The van der Waals surface area contributed by atoms with E-state index in [1.54, 1.807) is 0 Å². The van der Waals surface area contributed by atoms with Gasteiger partial charge >= 0.3 is 0 Å². The summed E-state index contributed by atoms with van der Waals surface area (Å²) in [5.74, 6) is 0.684. The Morgan fingerprint density at radius 3 is 1.74 bits per heavy atom. The molecule has 0 spiro atoms. The Balaban J connectivity index is 1.12. The molecule has 0 amide bonds. The van der Waals surface area contributed by atoms with E-state index in [0.29, 0.717) is 5.82 Å². The first-order chi connectivity index (χ1) is 37.2. The van der Waals surface area contributed by atoms with Crippen LogP contribution in [0.15, 0.2) is 212 Å². The van der Waals surface area contributed by atoms with Gasteiger partial charge in [0.15, 0.2) is 5.82 Å². The van der Waals surface area contributed by atoms with Gasteiger partial charge in [-0.15, -0.1) is 0 Å². The molecule has 0 saturated carbocycles. The number of rotatable bonds is 5. The number of fused-ring (bicyclic) bond motifs is 12. The van der Waals surface area contributed by atoms with Gasteiger partial charge in [0.1, 0.15) is 0 Å². The highest BCUT2D eigenvalue weighted by atomic mass is 15.2. The maximum Gasteiger partial charge on any atom is 0.248 e. The summed E-state index contributed by atoms with van der Waals surface area (Å²) in [5.41, 5.74) is 24.5. The topological polar surface area (TPSA) is 38.9 Å². The molecule has 0 fully saturated rings. The van der Waals surface area contributed by atoms with Crippen molar-refractivity contribution in [2.45, 2.75) is 71.6 Å². The Bertz CT molecular complexity index is 4410. The zero-order chi connectivity index (χ0) is 52.3. The van der Waals surface area contributed by atoms with Gasteiger partial charge in [-0.3, -0.25) is 0 Å². The minimum absolute atomic E-state index is 0.0155. The van der Waals surface area contributed by atoms with Crippen molar-refractivity contribution < 1.29 is 0 Å². The first kappa shape index (κ1) is 45.6. The second-order valence-electron chi connectivity index (χ2n) is 24.2. The molecule has 370 valence electrons. The SMILES string of the molecule is CC(C)(C)c1ccc(N2C3=C(B4c5c2cc(-c2nc(-c6ccccc6)cc(-c6ccccc6)n2)cc5-n2c5ccc6c7ccccc7n(-c7ccccc7)c6c5c5cccc4c52)C(C)(C)c2ccc(C(C)(C)C)cc23)cc1. The van der Waals surface area contributed by atoms with Crippen molar-refractivity contribution in [3.05, 3.63) is 234 Å². The lowest BCUT2D eigenvalue weighted by atomic mass is 9.30. The smallest absolute Gasteiger partial charge is 0.248 e. The van der Waals surface area contributed by atoms with Gasteiger partial charge in [0.2, 0.25) is 6.71 Å². The average molecular weight is 992 g/mol. The number of hydrogen-bond donors (Lipinski definition) is 0. The van der Waals surface area contributed by atoms with Crippen LogP contribution in [0.4, 0.5) is 11.4 Å². The Morgan fingerprint density at radius 2 is 1.06 bits per heavy atom. The fourth-order valence-electron chi connectivity index (χ4n) is 13.5. The molecule has 9 aromatic carbocycles. The fourth-order valence-corrected chi connectivity index (χ4v) is 13.5. The van der Waals surface area contributed by atoms with E-state index in [2.05, 4.69) is 276 Å². The van der Waals surface area contributed by atoms with E-state index in [0.717, 1.165) is 50.8 Å². The van der Waals surface area contributed by atoms with Crippen LogP contribution in [0, 0.1) is 0 Å². The number of anilines is 2. The molecule has 0 radical (unpaired) electrons. The molecule has 2 aliphatic heterocycles. The maximum absolute atomic E-state index is 5.56. The summed E-state index contributed by atoms with van der Waals surface area (Å²) in [7, 11) is 0. The van der Waals surface area contributed by atoms with Gasteiger partial charge in [0.05, 0.1) is 27.9 Å². The van der Waals surface area contributed by atoms with Crippen LogP contribution in [0.1, 0.15) is 77.6 Å². The number of allylic oxidation sites excluding steroid dienone is 1. The van der Waals surface area contributed by atoms with E-state index >= 15 is 0 Å². The quantitative estimate of drug-likeness (QED) is 0.161. The predicted molar refractivity (Wildman–Crippen MR) is 324 cm³/mol. The lowest BCUT2D eigenvalue weighted by Crippen LogP contribution is -2.56. The Kier molecular flexibility index (Phi) is 9.57. The second kappa shape index (κ2) is 16.1. The molecule has 3 aliphatic rings. The lowest BCUT2D eigenvalue weighted by Gasteiger charge is -2.43. The first-order valence-corrected chi connectivity index (χ1v) is 27.3. The van der Waals surface area contributed by atoms with Crippen molar-refractivity contribution in [3.63, 3.8) is 0 Å². The third-order valence-corrected chi connectivity index (χ3v) is 17.2. The molecule has 0 atom stereocenters. The number of hydrogen-bond acceptors (Lipinski definition) is 3. The summed E-state index contributed by atoms with van der Waals surface area (Å²) >= 11 is 0.